The number of hydrogen-bond donors (Lipinski definition) is 1. The monoisotopic (exact) mass is 466 g/mol. The van der Waals surface area contributed by atoms with Crippen molar-refractivity contribution in [2.45, 2.75) is 58.6 Å². The molecule has 6 heteroatoms. The molecular formula is C28H35FN2O3. The Kier molecular flexibility index (Phi) is 6.28. The van der Waals surface area contributed by atoms with Crippen molar-refractivity contribution >= 4 is 6.09 Å². The van der Waals surface area contributed by atoms with E-state index in [0.717, 1.165) is 62.0 Å². The Balaban J connectivity index is 1.35. The van der Waals surface area contributed by atoms with Crippen LogP contribution < -0.4 is 10.1 Å². The van der Waals surface area contributed by atoms with Gasteiger partial charge in [-0.3, -0.25) is 4.90 Å². The Labute approximate surface area is 201 Å². The number of piperidine rings is 3. The summed E-state index contributed by atoms with van der Waals surface area (Å²) in [5.74, 6) is 0.892. The van der Waals surface area contributed by atoms with Crippen molar-refractivity contribution in [3.63, 3.8) is 0 Å². The number of benzene rings is 2. The van der Waals surface area contributed by atoms with Gasteiger partial charge in [0.05, 0.1) is 12.6 Å². The van der Waals surface area contributed by atoms with Crippen LogP contribution in [0.2, 0.25) is 0 Å². The number of hydrogen-bond acceptors (Lipinski definition) is 4. The maximum atomic E-state index is 14.1. The van der Waals surface area contributed by atoms with Gasteiger partial charge < -0.3 is 14.8 Å². The lowest BCUT2D eigenvalue weighted by Gasteiger charge is -2.44. The number of amides is 1. The molecule has 1 unspecified atom stereocenters. The number of nitrogens with zero attached hydrogens (tertiary/aromatic N) is 1. The second-order valence-corrected chi connectivity index (χ2v) is 10.7. The summed E-state index contributed by atoms with van der Waals surface area (Å²) in [7, 11) is 0. The van der Waals surface area contributed by atoms with E-state index in [2.05, 4.69) is 43.1 Å². The molecule has 182 valence electrons. The van der Waals surface area contributed by atoms with Crippen LogP contribution >= 0.6 is 0 Å². The molecule has 2 bridgehead atoms. The molecule has 0 saturated carbocycles. The SMILES string of the molecule is CCCOc1ccc(F)cc1-c1ccc2c(c1)CC(C)(C)C2NC(=O)O[C@H]1CN2CCC1CC2. The maximum absolute atomic E-state index is 14.1. The first-order chi connectivity index (χ1) is 16.3. The molecule has 0 spiro atoms. The van der Waals surface area contributed by atoms with E-state index in [4.69, 9.17) is 9.47 Å². The van der Waals surface area contributed by atoms with E-state index in [1.165, 1.54) is 17.7 Å². The zero-order valence-corrected chi connectivity index (χ0v) is 20.4. The normalized spacial score (nSPS) is 26.7. The summed E-state index contributed by atoms with van der Waals surface area (Å²) in [5, 5.41) is 3.18. The van der Waals surface area contributed by atoms with Crippen LogP contribution in [0.4, 0.5) is 9.18 Å². The van der Waals surface area contributed by atoms with Crippen molar-refractivity contribution in [2.75, 3.05) is 26.2 Å². The molecule has 0 radical (unpaired) electrons. The molecule has 5 nitrogen and oxygen atoms in total. The van der Waals surface area contributed by atoms with Gasteiger partial charge in [-0.1, -0.05) is 39.0 Å². The Morgan fingerprint density at radius 1 is 1.18 bits per heavy atom. The number of carbonyl (C=O) groups excluding carboxylic acids is 1. The second-order valence-electron chi connectivity index (χ2n) is 10.7. The van der Waals surface area contributed by atoms with E-state index >= 15 is 0 Å². The second kappa shape index (κ2) is 9.21. The van der Waals surface area contributed by atoms with Gasteiger partial charge in [0.25, 0.3) is 0 Å². The Bertz CT molecular complexity index is 1060. The molecule has 4 aliphatic rings. The zero-order valence-electron chi connectivity index (χ0n) is 20.4. The highest BCUT2D eigenvalue weighted by atomic mass is 19.1. The van der Waals surface area contributed by atoms with Crippen molar-refractivity contribution in [3.05, 3.63) is 53.3 Å². The highest BCUT2D eigenvalue weighted by Crippen LogP contribution is 2.47. The minimum absolute atomic E-state index is 0.0108. The predicted molar refractivity (Wildman–Crippen MR) is 130 cm³/mol. The Hall–Kier alpha value is -2.60. The Morgan fingerprint density at radius 2 is 1.97 bits per heavy atom. The van der Waals surface area contributed by atoms with Gasteiger partial charge in [-0.2, -0.15) is 0 Å². The summed E-state index contributed by atoms with van der Waals surface area (Å²) >= 11 is 0. The van der Waals surface area contributed by atoms with Crippen molar-refractivity contribution in [2.24, 2.45) is 11.3 Å². The van der Waals surface area contributed by atoms with Gasteiger partial charge in [0.2, 0.25) is 0 Å². The molecule has 3 saturated heterocycles. The quantitative estimate of drug-likeness (QED) is 0.591. The van der Waals surface area contributed by atoms with E-state index in [1.807, 2.05) is 6.07 Å². The van der Waals surface area contributed by atoms with Crippen LogP contribution in [0.1, 0.15) is 57.2 Å². The fraction of sp³-hybridized carbons (Fsp3) is 0.536. The first kappa shape index (κ1) is 23.2. The third kappa shape index (κ3) is 4.52. The molecular weight excluding hydrogens is 431 g/mol. The van der Waals surface area contributed by atoms with Crippen molar-refractivity contribution in [3.8, 4) is 16.9 Å². The van der Waals surface area contributed by atoms with E-state index < -0.39 is 0 Å². The van der Waals surface area contributed by atoms with Gasteiger partial charge in [0.15, 0.2) is 0 Å². The summed E-state index contributed by atoms with van der Waals surface area (Å²) in [4.78, 5) is 15.3. The molecule has 2 atom stereocenters. The van der Waals surface area contributed by atoms with E-state index in [9.17, 15) is 9.18 Å². The van der Waals surface area contributed by atoms with Gasteiger partial charge in [0.1, 0.15) is 17.7 Å². The van der Waals surface area contributed by atoms with Gasteiger partial charge in [0, 0.05) is 12.1 Å². The molecule has 1 amide bonds. The number of ether oxygens (including phenoxy) is 2. The summed E-state index contributed by atoms with van der Waals surface area (Å²) in [6.45, 7) is 10.1. The molecule has 3 heterocycles. The molecule has 0 aromatic heterocycles. The van der Waals surface area contributed by atoms with E-state index in [1.54, 1.807) is 6.07 Å². The lowest BCUT2D eigenvalue weighted by Crippen LogP contribution is -2.53. The average Bonchev–Trinajstić information content (AvgIpc) is 3.07. The fourth-order valence-corrected chi connectivity index (χ4v) is 5.89. The topological polar surface area (TPSA) is 50.8 Å². The van der Waals surface area contributed by atoms with E-state index in [0.29, 0.717) is 18.3 Å². The molecule has 2 aromatic rings. The molecule has 2 aromatic carbocycles. The maximum Gasteiger partial charge on any atom is 0.407 e. The van der Waals surface area contributed by atoms with Gasteiger partial charge in [-0.25, -0.2) is 9.18 Å². The molecule has 6 rings (SSSR count). The average molecular weight is 467 g/mol. The number of fused-ring (bicyclic) bond motifs is 4. The number of carbonyl (C=O) groups is 1. The molecule has 1 N–H and O–H groups in total. The number of halogens is 1. The van der Waals surface area contributed by atoms with E-state index in [-0.39, 0.29) is 29.5 Å². The third-order valence-corrected chi connectivity index (χ3v) is 7.71. The zero-order chi connectivity index (χ0) is 23.9. The molecule has 3 fully saturated rings. The van der Waals surface area contributed by atoms with Crippen LogP contribution in [0.25, 0.3) is 11.1 Å². The smallest absolute Gasteiger partial charge is 0.407 e. The predicted octanol–water partition coefficient (Wildman–Crippen LogP) is 5.73. The summed E-state index contributed by atoms with van der Waals surface area (Å²) in [6.07, 6.45) is 3.60. The fourth-order valence-electron chi connectivity index (χ4n) is 5.89. The molecule has 3 aliphatic heterocycles. The lowest BCUT2D eigenvalue weighted by molar-refractivity contribution is -0.0348. The highest BCUT2D eigenvalue weighted by molar-refractivity contribution is 5.73. The van der Waals surface area contributed by atoms with Crippen LogP contribution in [0.15, 0.2) is 36.4 Å². The van der Waals surface area contributed by atoms with Crippen LogP contribution in [-0.4, -0.2) is 43.3 Å². The summed E-state index contributed by atoms with van der Waals surface area (Å²) in [5.41, 5.74) is 3.80. The van der Waals surface area contributed by atoms with Crippen molar-refractivity contribution < 1.29 is 18.7 Å². The summed E-state index contributed by atoms with van der Waals surface area (Å²) in [6, 6.07) is 10.7. The largest absolute Gasteiger partial charge is 0.493 e. The van der Waals surface area contributed by atoms with Crippen molar-refractivity contribution in [1.29, 1.82) is 0 Å². The van der Waals surface area contributed by atoms with Gasteiger partial charge in [-0.05, 0) is 85.0 Å². The molecule has 1 aliphatic carbocycles. The van der Waals surface area contributed by atoms with Crippen LogP contribution in [0.3, 0.4) is 0 Å². The van der Waals surface area contributed by atoms with Crippen LogP contribution in [0, 0.1) is 17.2 Å². The minimum atomic E-state index is -0.325. The molecule has 34 heavy (non-hydrogen) atoms. The van der Waals surface area contributed by atoms with Gasteiger partial charge >= 0.3 is 6.09 Å². The van der Waals surface area contributed by atoms with Crippen LogP contribution in [-0.2, 0) is 11.2 Å². The first-order valence-electron chi connectivity index (χ1n) is 12.6. The van der Waals surface area contributed by atoms with Crippen LogP contribution in [0.5, 0.6) is 5.75 Å². The van der Waals surface area contributed by atoms with Gasteiger partial charge in [-0.15, -0.1) is 0 Å². The Morgan fingerprint density at radius 3 is 2.68 bits per heavy atom. The number of nitrogens with one attached hydrogen (secondary N) is 1. The standard InChI is InChI=1S/C28H35FN2O3/c1-4-13-33-24-8-6-21(29)15-23(24)19-5-7-22-20(14-19)16-28(2,3)26(22)30-27(32)34-25-17-31-11-9-18(25)10-12-31/h5-8,14-15,18,25-26H,4,9-13,16-17H2,1-3H3,(H,30,32)/t25-,26?/m0/s1. The minimum Gasteiger partial charge on any atom is -0.493 e. The van der Waals surface area contributed by atoms with Crippen molar-refractivity contribution in [1.82, 2.24) is 10.2 Å². The first-order valence-corrected chi connectivity index (χ1v) is 12.6. The number of alkyl carbamates (subject to hydrolysis) is 1. The lowest BCUT2D eigenvalue weighted by atomic mass is 9.85. The third-order valence-electron chi connectivity index (χ3n) is 7.71. The highest BCUT2D eigenvalue weighted by Gasteiger charge is 2.42. The number of rotatable bonds is 6. The summed E-state index contributed by atoms with van der Waals surface area (Å²) < 4.78 is 25.9.